The average molecular weight is 338 g/mol. The minimum absolute atomic E-state index is 0.370. The number of urea groups is 1. The first-order valence-corrected chi connectivity index (χ1v) is 7.94. The molecule has 6 nitrogen and oxygen atoms in total. The molecule has 1 aliphatic heterocycles. The summed E-state index contributed by atoms with van der Waals surface area (Å²) in [6.07, 6.45) is 0. The summed E-state index contributed by atoms with van der Waals surface area (Å²) in [6.45, 7) is 3.16. The number of esters is 1. The maximum atomic E-state index is 12.6. The zero-order valence-corrected chi connectivity index (χ0v) is 14.0. The summed E-state index contributed by atoms with van der Waals surface area (Å²) in [4.78, 5) is 39.4. The number of aryl methyl sites for hydroxylation is 1. The Morgan fingerprint density at radius 1 is 1.04 bits per heavy atom. The van der Waals surface area contributed by atoms with Crippen LogP contribution < -0.4 is 9.64 Å². The third-order valence-corrected chi connectivity index (χ3v) is 4.02. The molecule has 0 unspecified atom stereocenters. The number of imide groups is 1. The molecule has 3 amide bonds. The minimum atomic E-state index is -0.667. The predicted molar refractivity (Wildman–Crippen MR) is 92.3 cm³/mol. The molecule has 3 rings (SSSR count). The number of benzene rings is 2. The third kappa shape index (κ3) is 3.38. The molecule has 1 heterocycles. The number of amides is 3. The van der Waals surface area contributed by atoms with Gasteiger partial charge in [-0.05, 0) is 38.1 Å². The normalized spacial score (nSPS) is 17.1. The lowest BCUT2D eigenvalue weighted by molar-refractivity contribution is -0.139. The first kappa shape index (κ1) is 16.7. The van der Waals surface area contributed by atoms with Crippen LogP contribution in [0.1, 0.15) is 12.5 Å². The van der Waals surface area contributed by atoms with E-state index in [1.54, 1.807) is 49.4 Å². The molecule has 0 aliphatic carbocycles. The Morgan fingerprint density at radius 3 is 2.32 bits per heavy atom. The van der Waals surface area contributed by atoms with E-state index >= 15 is 0 Å². The molecule has 1 atom stereocenters. The van der Waals surface area contributed by atoms with E-state index in [0.717, 1.165) is 10.5 Å². The van der Waals surface area contributed by atoms with E-state index in [-0.39, 0.29) is 0 Å². The maximum Gasteiger partial charge on any atom is 0.332 e. The van der Waals surface area contributed by atoms with Gasteiger partial charge in [-0.2, -0.15) is 0 Å². The van der Waals surface area contributed by atoms with E-state index in [1.807, 2.05) is 19.1 Å². The summed E-state index contributed by atoms with van der Waals surface area (Å²) in [5.41, 5.74) is 1.67. The second kappa shape index (κ2) is 6.76. The fourth-order valence-corrected chi connectivity index (χ4v) is 2.69. The standard InChI is InChI=1S/C19H18N2O4/c1-13-8-10-15(11-9-13)21-14(2)18(23)20(19(21)24)12-17(22)25-16-6-4-3-5-7-16/h3-11,14H,12H2,1-2H3/t14-/m0/s1. The van der Waals surface area contributed by atoms with Crippen LogP contribution in [-0.4, -0.2) is 35.4 Å². The molecule has 2 aromatic carbocycles. The first-order valence-electron chi connectivity index (χ1n) is 7.94. The van der Waals surface area contributed by atoms with Crippen molar-refractivity contribution in [3.63, 3.8) is 0 Å². The van der Waals surface area contributed by atoms with Crippen molar-refractivity contribution in [2.45, 2.75) is 19.9 Å². The lowest BCUT2D eigenvalue weighted by Gasteiger charge is -2.19. The molecular formula is C19H18N2O4. The number of hydrogen-bond acceptors (Lipinski definition) is 4. The van der Waals surface area contributed by atoms with Gasteiger partial charge in [0.25, 0.3) is 5.91 Å². The van der Waals surface area contributed by atoms with Gasteiger partial charge in [-0.25, -0.2) is 9.59 Å². The molecule has 0 N–H and O–H groups in total. The van der Waals surface area contributed by atoms with Crippen molar-refractivity contribution in [1.82, 2.24) is 4.90 Å². The van der Waals surface area contributed by atoms with Crippen LogP contribution in [-0.2, 0) is 9.59 Å². The Morgan fingerprint density at radius 2 is 1.68 bits per heavy atom. The minimum Gasteiger partial charge on any atom is -0.425 e. The van der Waals surface area contributed by atoms with Crippen LogP contribution in [0.5, 0.6) is 5.75 Å². The molecular weight excluding hydrogens is 320 g/mol. The molecule has 0 spiro atoms. The molecule has 1 saturated heterocycles. The number of ether oxygens (including phenoxy) is 1. The van der Waals surface area contributed by atoms with Gasteiger partial charge in [0.05, 0.1) is 0 Å². The van der Waals surface area contributed by atoms with E-state index < -0.39 is 30.5 Å². The molecule has 6 heteroatoms. The van der Waals surface area contributed by atoms with Crippen molar-refractivity contribution in [3.05, 3.63) is 60.2 Å². The van der Waals surface area contributed by atoms with Gasteiger partial charge in [-0.1, -0.05) is 35.9 Å². The largest absolute Gasteiger partial charge is 0.425 e. The van der Waals surface area contributed by atoms with Gasteiger partial charge in [0, 0.05) is 5.69 Å². The number of carbonyl (C=O) groups is 3. The van der Waals surface area contributed by atoms with Gasteiger partial charge in [-0.15, -0.1) is 0 Å². The van der Waals surface area contributed by atoms with E-state index in [1.165, 1.54) is 4.90 Å². The first-order chi connectivity index (χ1) is 12.0. The highest BCUT2D eigenvalue weighted by molar-refractivity contribution is 6.15. The van der Waals surface area contributed by atoms with Crippen molar-refractivity contribution < 1.29 is 19.1 Å². The van der Waals surface area contributed by atoms with E-state index in [2.05, 4.69) is 0 Å². The highest BCUT2D eigenvalue weighted by Crippen LogP contribution is 2.26. The summed E-state index contributed by atoms with van der Waals surface area (Å²) in [5, 5.41) is 0. The number of para-hydroxylation sites is 1. The van der Waals surface area contributed by atoms with E-state index in [9.17, 15) is 14.4 Å². The molecule has 0 saturated carbocycles. The second-order valence-corrected chi connectivity index (χ2v) is 5.88. The van der Waals surface area contributed by atoms with Crippen molar-refractivity contribution >= 4 is 23.6 Å². The summed E-state index contributed by atoms with van der Waals surface area (Å²) in [6, 6.07) is 14.6. The van der Waals surface area contributed by atoms with Gasteiger partial charge >= 0.3 is 12.0 Å². The lowest BCUT2D eigenvalue weighted by Crippen LogP contribution is -2.38. The zero-order valence-electron chi connectivity index (χ0n) is 14.0. The Bertz CT molecular complexity index is 802. The molecule has 1 aliphatic rings. The quantitative estimate of drug-likeness (QED) is 0.488. The molecule has 0 aromatic heterocycles. The summed E-state index contributed by atoms with van der Waals surface area (Å²) in [7, 11) is 0. The van der Waals surface area contributed by atoms with E-state index in [0.29, 0.717) is 11.4 Å². The second-order valence-electron chi connectivity index (χ2n) is 5.88. The number of anilines is 1. The Labute approximate surface area is 145 Å². The Hall–Kier alpha value is -3.15. The van der Waals surface area contributed by atoms with Gasteiger partial charge in [0.2, 0.25) is 0 Å². The van der Waals surface area contributed by atoms with Gasteiger partial charge in [-0.3, -0.25) is 14.6 Å². The van der Waals surface area contributed by atoms with Crippen LogP contribution >= 0.6 is 0 Å². The van der Waals surface area contributed by atoms with Gasteiger partial charge in [0.1, 0.15) is 18.3 Å². The number of hydrogen-bond donors (Lipinski definition) is 0. The van der Waals surface area contributed by atoms with Crippen LogP contribution in [0.3, 0.4) is 0 Å². The topological polar surface area (TPSA) is 66.9 Å². The fraction of sp³-hybridized carbons (Fsp3) is 0.211. The number of nitrogens with zero attached hydrogens (tertiary/aromatic N) is 2. The molecule has 128 valence electrons. The molecule has 25 heavy (non-hydrogen) atoms. The predicted octanol–water partition coefficient (Wildman–Crippen LogP) is 2.76. The van der Waals surface area contributed by atoms with Crippen LogP contribution in [0.4, 0.5) is 10.5 Å². The highest BCUT2D eigenvalue weighted by atomic mass is 16.5. The highest BCUT2D eigenvalue weighted by Gasteiger charge is 2.44. The maximum absolute atomic E-state index is 12.6. The van der Waals surface area contributed by atoms with Crippen LogP contribution in [0, 0.1) is 6.92 Å². The van der Waals surface area contributed by atoms with Crippen LogP contribution in [0.15, 0.2) is 54.6 Å². The van der Waals surface area contributed by atoms with Crippen LogP contribution in [0.2, 0.25) is 0 Å². The molecule has 0 bridgehead atoms. The van der Waals surface area contributed by atoms with Crippen molar-refractivity contribution in [1.29, 1.82) is 0 Å². The fourth-order valence-electron chi connectivity index (χ4n) is 2.69. The molecule has 1 fully saturated rings. The zero-order chi connectivity index (χ0) is 18.0. The summed E-state index contributed by atoms with van der Waals surface area (Å²) < 4.78 is 5.16. The number of rotatable bonds is 4. The lowest BCUT2D eigenvalue weighted by atomic mass is 10.2. The smallest absolute Gasteiger partial charge is 0.332 e. The van der Waals surface area contributed by atoms with Crippen LogP contribution in [0.25, 0.3) is 0 Å². The monoisotopic (exact) mass is 338 g/mol. The summed E-state index contributed by atoms with van der Waals surface area (Å²) >= 11 is 0. The SMILES string of the molecule is Cc1ccc(N2C(=O)N(CC(=O)Oc3ccccc3)C(=O)[C@@H]2C)cc1. The molecule has 2 aromatic rings. The average Bonchev–Trinajstić information content (AvgIpc) is 2.80. The van der Waals surface area contributed by atoms with Gasteiger partial charge < -0.3 is 4.74 Å². The van der Waals surface area contributed by atoms with Gasteiger partial charge in [0.15, 0.2) is 0 Å². The molecule has 0 radical (unpaired) electrons. The van der Waals surface area contributed by atoms with Crippen molar-refractivity contribution in [3.8, 4) is 5.75 Å². The third-order valence-electron chi connectivity index (χ3n) is 4.02. The summed E-state index contributed by atoms with van der Waals surface area (Å²) in [5.74, 6) is -0.712. The van der Waals surface area contributed by atoms with Crippen molar-refractivity contribution in [2.75, 3.05) is 11.4 Å². The van der Waals surface area contributed by atoms with Crippen molar-refractivity contribution in [2.24, 2.45) is 0 Å². The Balaban J connectivity index is 1.74. The Kier molecular flexibility index (Phi) is 4.52. The van der Waals surface area contributed by atoms with E-state index in [4.69, 9.17) is 4.74 Å². The number of carbonyl (C=O) groups excluding carboxylic acids is 3.